The smallest absolute Gasteiger partial charge is 0.310 e. The molecule has 0 aliphatic rings. The highest BCUT2D eigenvalue weighted by molar-refractivity contribution is 5.94. The monoisotopic (exact) mass is 393 g/mol. The summed E-state index contributed by atoms with van der Waals surface area (Å²) < 4.78 is 32.4. The highest BCUT2D eigenvalue weighted by Crippen LogP contribution is 2.25. The zero-order valence-corrected chi connectivity index (χ0v) is 14.9. The number of ether oxygens (including phenoxy) is 1. The molecule has 148 valence electrons. The van der Waals surface area contributed by atoms with Crippen molar-refractivity contribution in [2.45, 2.75) is 6.92 Å². The van der Waals surface area contributed by atoms with Crippen LogP contribution in [0, 0.1) is 21.7 Å². The number of nitrogens with zero attached hydrogens (tertiary/aromatic N) is 2. The van der Waals surface area contributed by atoms with E-state index >= 15 is 0 Å². The number of halogens is 2. The van der Waals surface area contributed by atoms with Crippen molar-refractivity contribution in [2.24, 2.45) is 0 Å². The first-order chi connectivity index (χ1) is 13.3. The maximum Gasteiger partial charge on any atom is 0.310 e. The van der Waals surface area contributed by atoms with E-state index < -0.39 is 47.2 Å². The zero-order chi connectivity index (χ0) is 20.7. The summed E-state index contributed by atoms with van der Waals surface area (Å²) in [5, 5.41) is 13.0. The molecule has 0 spiro atoms. The lowest BCUT2D eigenvalue weighted by Gasteiger charge is -2.20. The Kier molecular flexibility index (Phi) is 6.96. The lowest BCUT2D eigenvalue weighted by Crippen LogP contribution is -2.40. The van der Waals surface area contributed by atoms with Gasteiger partial charge >= 0.3 is 5.69 Å². The van der Waals surface area contributed by atoms with E-state index in [1.54, 1.807) is 6.92 Å². The lowest BCUT2D eigenvalue weighted by atomic mass is 10.3. The first-order valence-electron chi connectivity index (χ1n) is 8.21. The van der Waals surface area contributed by atoms with Crippen LogP contribution in [-0.4, -0.2) is 41.3 Å². The van der Waals surface area contributed by atoms with E-state index in [9.17, 15) is 28.5 Å². The molecule has 0 heterocycles. The molecule has 0 saturated carbocycles. The van der Waals surface area contributed by atoms with E-state index in [2.05, 4.69) is 5.32 Å². The molecule has 0 atom stereocenters. The maximum atomic E-state index is 13.6. The Morgan fingerprint density at radius 2 is 1.79 bits per heavy atom. The molecule has 1 N–H and O–H groups in total. The largest absolute Gasteiger partial charge is 0.477 e. The van der Waals surface area contributed by atoms with Gasteiger partial charge in [0.25, 0.3) is 5.91 Å². The van der Waals surface area contributed by atoms with Gasteiger partial charge in [0.1, 0.15) is 17.3 Å². The van der Waals surface area contributed by atoms with Crippen molar-refractivity contribution in [1.82, 2.24) is 4.90 Å². The van der Waals surface area contributed by atoms with Crippen LogP contribution in [0.15, 0.2) is 42.5 Å². The molecule has 28 heavy (non-hydrogen) atoms. The van der Waals surface area contributed by atoms with Gasteiger partial charge in [0.05, 0.1) is 11.5 Å². The molecule has 2 aromatic carbocycles. The Labute approximate surface area is 158 Å². The van der Waals surface area contributed by atoms with Gasteiger partial charge < -0.3 is 15.0 Å². The van der Waals surface area contributed by atoms with Gasteiger partial charge in [-0.2, -0.15) is 0 Å². The van der Waals surface area contributed by atoms with Crippen LogP contribution in [0.3, 0.4) is 0 Å². The normalized spacial score (nSPS) is 10.2. The Morgan fingerprint density at radius 3 is 2.39 bits per heavy atom. The average Bonchev–Trinajstić information content (AvgIpc) is 2.67. The van der Waals surface area contributed by atoms with Gasteiger partial charge in [-0.15, -0.1) is 0 Å². The molecule has 0 aliphatic heterocycles. The highest BCUT2D eigenvalue weighted by Gasteiger charge is 2.20. The van der Waals surface area contributed by atoms with Gasteiger partial charge in [0.15, 0.2) is 12.4 Å². The van der Waals surface area contributed by atoms with E-state index in [-0.39, 0.29) is 18.0 Å². The fourth-order valence-corrected chi connectivity index (χ4v) is 2.31. The molecule has 10 heteroatoms. The van der Waals surface area contributed by atoms with Gasteiger partial charge in [0, 0.05) is 12.6 Å². The third-order valence-corrected chi connectivity index (χ3v) is 3.71. The van der Waals surface area contributed by atoms with Crippen molar-refractivity contribution >= 4 is 23.2 Å². The number of nitro groups is 1. The Hall–Kier alpha value is -3.56. The van der Waals surface area contributed by atoms with Crippen LogP contribution in [0.2, 0.25) is 0 Å². The first-order valence-corrected chi connectivity index (χ1v) is 8.21. The van der Waals surface area contributed by atoms with Gasteiger partial charge in [-0.3, -0.25) is 19.7 Å². The second-order valence-electron chi connectivity index (χ2n) is 5.57. The van der Waals surface area contributed by atoms with E-state index in [1.807, 2.05) is 0 Å². The Bertz CT molecular complexity index is 871. The molecule has 0 bridgehead atoms. The molecule has 0 unspecified atom stereocenters. The highest BCUT2D eigenvalue weighted by atomic mass is 19.1. The van der Waals surface area contributed by atoms with E-state index in [0.29, 0.717) is 0 Å². The molecule has 0 aromatic heterocycles. The Balaban J connectivity index is 1.98. The Morgan fingerprint density at radius 1 is 1.14 bits per heavy atom. The summed E-state index contributed by atoms with van der Waals surface area (Å²) in [6, 6.07) is 8.67. The quantitative estimate of drug-likeness (QED) is 0.549. The van der Waals surface area contributed by atoms with Crippen molar-refractivity contribution in [3.8, 4) is 5.75 Å². The van der Waals surface area contributed by atoms with E-state index in [1.165, 1.54) is 24.3 Å². The number of nitro benzene ring substituents is 1. The number of rotatable bonds is 8. The van der Waals surface area contributed by atoms with Crippen LogP contribution in [0.25, 0.3) is 0 Å². The average molecular weight is 393 g/mol. The van der Waals surface area contributed by atoms with Crippen molar-refractivity contribution < 1.29 is 28.0 Å². The first kappa shape index (κ1) is 20.7. The molecule has 2 amide bonds. The summed E-state index contributed by atoms with van der Waals surface area (Å²) >= 11 is 0. The number of carbonyl (C=O) groups is 2. The summed E-state index contributed by atoms with van der Waals surface area (Å²) in [5.41, 5.74) is -0.904. The SMILES string of the molecule is CCN(CC(=O)Nc1c(F)cccc1F)C(=O)COc1ccccc1[N+](=O)[O-]. The molecule has 0 aliphatic carbocycles. The molecule has 0 radical (unpaired) electrons. The number of anilines is 1. The summed E-state index contributed by atoms with van der Waals surface area (Å²) in [5.74, 6) is -3.39. The number of nitrogens with one attached hydrogen (secondary N) is 1. The van der Waals surface area contributed by atoms with E-state index in [4.69, 9.17) is 4.74 Å². The second kappa shape index (κ2) is 9.40. The van der Waals surface area contributed by atoms with Crippen molar-refractivity contribution in [2.75, 3.05) is 25.0 Å². The fraction of sp³-hybridized carbons (Fsp3) is 0.222. The van der Waals surface area contributed by atoms with Gasteiger partial charge in [-0.1, -0.05) is 18.2 Å². The van der Waals surface area contributed by atoms with Crippen LogP contribution in [0.4, 0.5) is 20.2 Å². The number of amides is 2. The summed E-state index contributed by atoms with van der Waals surface area (Å²) in [6.45, 7) is 0.704. The van der Waals surface area contributed by atoms with Crippen LogP contribution in [-0.2, 0) is 9.59 Å². The number of likely N-dealkylation sites (N-methyl/N-ethyl adjacent to an activating group) is 1. The third-order valence-electron chi connectivity index (χ3n) is 3.71. The topological polar surface area (TPSA) is 102 Å². The number of para-hydroxylation sites is 3. The summed E-state index contributed by atoms with van der Waals surface area (Å²) in [7, 11) is 0. The number of hydrogen-bond donors (Lipinski definition) is 1. The predicted molar refractivity (Wildman–Crippen MR) is 95.8 cm³/mol. The lowest BCUT2D eigenvalue weighted by molar-refractivity contribution is -0.385. The zero-order valence-electron chi connectivity index (χ0n) is 14.9. The van der Waals surface area contributed by atoms with Crippen LogP contribution >= 0.6 is 0 Å². The maximum absolute atomic E-state index is 13.6. The van der Waals surface area contributed by atoms with Gasteiger partial charge in [-0.05, 0) is 25.1 Å². The number of hydrogen-bond acceptors (Lipinski definition) is 5. The van der Waals surface area contributed by atoms with E-state index in [0.717, 1.165) is 23.1 Å². The molecule has 2 aromatic rings. The molecule has 8 nitrogen and oxygen atoms in total. The van der Waals surface area contributed by atoms with Gasteiger partial charge in [0.2, 0.25) is 5.91 Å². The third kappa shape index (κ3) is 5.22. The van der Waals surface area contributed by atoms with Crippen LogP contribution in [0.1, 0.15) is 6.92 Å². The number of carbonyl (C=O) groups excluding carboxylic acids is 2. The second-order valence-corrected chi connectivity index (χ2v) is 5.57. The minimum absolute atomic E-state index is 0.0882. The molecular formula is C18H17F2N3O5. The predicted octanol–water partition coefficient (Wildman–Crippen LogP) is 2.74. The standard InChI is InChI=1S/C18H17F2N3O5/c1-2-22(10-16(24)21-18-12(19)6-5-7-13(18)20)17(25)11-28-15-9-4-3-8-14(15)23(26)27/h3-9H,2,10-11H2,1H3,(H,21,24). The molecular weight excluding hydrogens is 376 g/mol. The van der Waals surface area contributed by atoms with Gasteiger partial charge in [-0.25, -0.2) is 8.78 Å². The fourth-order valence-electron chi connectivity index (χ4n) is 2.31. The summed E-state index contributed by atoms with van der Waals surface area (Å²) in [6.07, 6.45) is 0. The minimum atomic E-state index is -0.942. The van der Waals surface area contributed by atoms with Crippen molar-refractivity contribution in [3.63, 3.8) is 0 Å². The number of benzene rings is 2. The van der Waals surface area contributed by atoms with Crippen molar-refractivity contribution in [3.05, 3.63) is 64.2 Å². The summed E-state index contributed by atoms with van der Waals surface area (Å²) in [4.78, 5) is 35.7. The molecule has 0 fully saturated rings. The van der Waals surface area contributed by atoms with Crippen LogP contribution in [0.5, 0.6) is 5.75 Å². The molecule has 0 saturated heterocycles. The van der Waals surface area contributed by atoms with Crippen LogP contribution < -0.4 is 10.1 Å². The molecule has 2 rings (SSSR count). The van der Waals surface area contributed by atoms with Crippen molar-refractivity contribution in [1.29, 1.82) is 0 Å². The minimum Gasteiger partial charge on any atom is -0.477 e.